The summed E-state index contributed by atoms with van der Waals surface area (Å²) < 4.78 is 13.7. The summed E-state index contributed by atoms with van der Waals surface area (Å²) in [6.07, 6.45) is 0. The van der Waals surface area contributed by atoms with Crippen LogP contribution in [0.25, 0.3) is 10.6 Å². The fourth-order valence-corrected chi connectivity index (χ4v) is 3.29. The largest absolute Gasteiger partial charge is 0.326 e. The molecule has 0 bridgehead atoms. The van der Waals surface area contributed by atoms with Crippen molar-refractivity contribution in [3.63, 3.8) is 0 Å². The van der Waals surface area contributed by atoms with E-state index in [2.05, 4.69) is 15.6 Å². The molecular formula is C19H16FN3O2S. The Labute approximate surface area is 153 Å². The van der Waals surface area contributed by atoms with Gasteiger partial charge < -0.3 is 10.6 Å². The molecule has 1 aromatic heterocycles. The number of para-hydroxylation sites is 1. The molecule has 3 rings (SSSR count). The Balaban J connectivity index is 1.81. The Hall–Kier alpha value is -3.06. The van der Waals surface area contributed by atoms with Crippen LogP contribution in [-0.2, 0) is 4.79 Å². The van der Waals surface area contributed by atoms with Gasteiger partial charge in [-0.1, -0.05) is 12.1 Å². The molecule has 0 aliphatic carbocycles. The smallest absolute Gasteiger partial charge is 0.275 e. The average Bonchev–Trinajstić information content (AvgIpc) is 2.99. The van der Waals surface area contributed by atoms with E-state index in [9.17, 15) is 14.0 Å². The highest BCUT2D eigenvalue weighted by Crippen LogP contribution is 2.29. The predicted molar refractivity (Wildman–Crippen MR) is 101 cm³/mol. The lowest BCUT2D eigenvalue weighted by atomic mass is 10.2. The number of aryl methyl sites for hydroxylation is 1. The first-order chi connectivity index (χ1) is 12.4. The molecule has 0 unspecified atom stereocenters. The maximum absolute atomic E-state index is 13.7. The highest BCUT2D eigenvalue weighted by molar-refractivity contribution is 7.15. The zero-order chi connectivity index (χ0) is 18.7. The van der Waals surface area contributed by atoms with Gasteiger partial charge in [-0.05, 0) is 43.3 Å². The fraction of sp³-hybridized carbons (Fsp3) is 0.105. The van der Waals surface area contributed by atoms with Gasteiger partial charge in [-0.25, -0.2) is 9.37 Å². The van der Waals surface area contributed by atoms with Gasteiger partial charge in [-0.3, -0.25) is 9.59 Å². The summed E-state index contributed by atoms with van der Waals surface area (Å²) in [6.45, 7) is 3.24. The van der Waals surface area contributed by atoms with Crippen molar-refractivity contribution in [2.24, 2.45) is 0 Å². The molecule has 0 atom stereocenters. The van der Waals surface area contributed by atoms with Crippen molar-refractivity contribution in [2.45, 2.75) is 13.8 Å². The van der Waals surface area contributed by atoms with Crippen molar-refractivity contribution in [1.29, 1.82) is 0 Å². The zero-order valence-electron chi connectivity index (χ0n) is 14.2. The van der Waals surface area contributed by atoms with E-state index in [1.165, 1.54) is 30.4 Å². The third-order valence-corrected chi connectivity index (χ3v) is 4.61. The van der Waals surface area contributed by atoms with Crippen LogP contribution in [0, 0.1) is 12.7 Å². The summed E-state index contributed by atoms with van der Waals surface area (Å²) in [6, 6.07) is 13.2. The summed E-state index contributed by atoms with van der Waals surface area (Å²) in [4.78, 5) is 28.6. The molecule has 3 aromatic rings. The molecule has 7 heteroatoms. The maximum Gasteiger partial charge on any atom is 0.275 e. The fourth-order valence-electron chi connectivity index (χ4n) is 2.37. The number of amides is 2. The van der Waals surface area contributed by atoms with Crippen molar-refractivity contribution < 1.29 is 14.0 Å². The van der Waals surface area contributed by atoms with Gasteiger partial charge in [-0.2, -0.15) is 0 Å². The second kappa shape index (κ2) is 7.45. The first kappa shape index (κ1) is 17.8. The molecule has 1 heterocycles. The lowest BCUT2D eigenvalue weighted by Crippen LogP contribution is -2.14. The number of rotatable bonds is 4. The van der Waals surface area contributed by atoms with Gasteiger partial charge in [0.2, 0.25) is 5.91 Å². The number of nitrogens with zero attached hydrogens (tertiary/aromatic N) is 1. The van der Waals surface area contributed by atoms with Gasteiger partial charge in [0, 0.05) is 23.1 Å². The second-order valence-corrected chi connectivity index (χ2v) is 6.82. The highest BCUT2D eigenvalue weighted by Gasteiger charge is 2.17. The van der Waals surface area contributed by atoms with Gasteiger partial charge in [-0.15, -0.1) is 11.3 Å². The Morgan fingerprint density at radius 1 is 1.04 bits per heavy atom. The SMILES string of the molecule is CC(=O)Nc1ccc(-c2nc(C(=O)Nc3ccccc3F)c(C)s2)cc1. The summed E-state index contributed by atoms with van der Waals surface area (Å²) >= 11 is 1.38. The molecule has 0 saturated carbocycles. The number of hydrogen-bond donors (Lipinski definition) is 2. The van der Waals surface area contributed by atoms with Gasteiger partial charge in [0.1, 0.15) is 16.5 Å². The maximum atomic E-state index is 13.7. The average molecular weight is 369 g/mol. The summed E-state index contributed by atoms with van der Waals surface area (Å²) in [7, 11) is 0. The van der Waals surface area contributed by atoms with E-state index in [1.54, 1.807) is 31.2 Å². The molecule has 0 saturated heterocycles. The van der Waals surface area contributed by atoms with E-state index >= 15 is 0 Å². The molecule has 0 aliphatic heterocycles. The van der Waals surface area contributed by atoms with Crippen LogP contribution in [0.4, 0.5) is 15.8 Å². The van der Waals surface area contributed by atoms with Gasteiger partial charge in [0.25, 0.3) is 5.91 Å². The topological polar surface area (TPSA) is 71.1 Å². The van der Waals surface area contributed by atoms with Gasteiger partial charge in [0.15, 0.2) is 0 Å². The van der Waals surface area contributed by atoms with E-state index in [0.717, 1.165) is 10.4 Å². The molecule has 0 radical (unpaired) electrons. The highest BCUT2D eigenvalue weighted by atomic mass is 32.1. The van der Waals surface area contributed by atoms with E-state index in [-0.39, 0.29) is 17.3 Å². The number of carbonyl (C=O) groups excluding carboxylic acids is 2. The zero-order valence-corrected chi connectivity index (χ0v) is 15.0. The first-order valence-electron chi connectivity index (χ1n) is 7.85. The van der Waals surface area contributed by atoms with Crippen LogP contribution < -0.4 is 10.6 Å². The Morgan fingerprint density at radius 2 is 1.73 bits per heavy atom. The minimum absolute atomic E-state index is 0.117. The van der Waals surface area contributed by atoms with Crippen LogP contribution in [0.5, 0.6) is 0 Å². The van der Waals surface area contributed by atoms with Crippen molar-refractivity contribution >= 4 is 34.5 Å². The number of halogens is 1. The number of hydrogen-bond acceptors (Lipinski definition) is 4. The monoisotopic (exact) mass is 369 g/mol. The van der Waals surface area contributed by atoms with Crippen LogP contribution in [0.3, 0.4) is 0 Å². The molecule has 0 spiro atoms. The Bertz CT molecular complexity index is 967. The lowest BCUT2D eigenvalue weighted by Gasteiger charge is -2.04. The summed E-state index contributed by atoms with van der Waals surface area (Å²) in [5.41, 5.74) is 1.90. The number of carbonyl (C=O) groups is 2. The van der Waals surface area contributed by atoms with Crippen LogP contribution >= 0.6 is 11.3 Å². The standard InChI is InChI=1S/C19H16FN3O2S/c1-11-17(18(25)22-16-6-4-3-5-15(16)20)23-19(26-11)13-7-9-14(10-8-13)21-12(2)24/h3-10H,1-2H3,(H,21,24)(H,22,25). The molecule has 2 aromatic carbocycles. The molecule has 26 heavy (non-hydrogen) atoms. The quantitative estimate of drug-likeness (QED) is 0.713. The van der Waals surface area contributed by atoms with Gasteiger partial charge >= 0.3 is 0 Å². The van der Waals surface area contributed by atoms with Gasteiger partial charge in [0.05, 0.1) is 5.69 Å². The Kier molecular flexibility index (Phi) is 5.09. The van der Waals surface area contributed by atoms with Crippen LogP contribution in [0.1, 0.15) is 22.3 Å². The molecule has 2 N–H and O–H groups in total. The van der Waals surface area contributed by atoms with Crippen molar-refractivity contribution in [3.05, 3.63) is 64.9 Å². The van der Waals surface area contributed by atoms with Crippen molar-refractivity contribution in [1.82, 2.24) is 4.98 Å². The number of nitrogens with one attached hydrogen (secondary N) is 2. The van der Waals surface area contributed by atoms with Crippen LogP contribution in [0.15, 0.2) is 48.5 Å². The van der Waals surface area contributed by atoms with E-state index in [1.807, 2.05) is 12.1 Å². The van der Waals surface area contributed by atoms with Crippen LogP contribution in [0.2, 0.25) is 0 Å². The van der Waals surface area contributed by atoms with E-state index in [4.69, 9.17) is 0 Å². The predicted octanol–water partition coefficient (Wildman–Crippen LogP) is 4.47. The molecule has 0 fully saturated rings. The second-order valence-electron chi connectivity index (χ2n) is 5.62. The van der Waals surface area contributed by atoms with Crippen LogP contribution in [-0.4, -0.2) is 16.8 Å². The first-order valence-corrected chi connectivity index (χ1v) is 8.67. The number of anilines is 2. The minimum Gasteiger partial charge on any atom is -0.326 e. The number of thiazole rings is 1. The Morgan fingerprint density at radius 3 is 2.38 bits per heavy atom. The molecular weight excluding hydrogens is 353 g/mol. The van der Waals surface area contributed by atoms with E-state index < -0.39 is 11.7 Å². The third kappa shape index (κ3) is 3.94. The number of benzene rings is 2. The molecule has 0 aliphatic rings. The molecule has 5 nitrogen and oxygen atoms in total. The molecule has 132 valence electrons. The number of aromatic nitrogens is 1. The normalized spacial score (nSPS) is 10.4. The molecule has 2 amide bonds. The third-order valence-electron chi connectivity index (χ3n) is 3.59. The minimum atomic E-state index is -0.498. The lowest BCUT2D eigenvalue weighted by molar-refractivity contribution is -0.114. The summed E-state index contributed by atoms with van der Waals surface area (Å²) in [5.74, 6) is -1.09. The summed E-state index contributed by atoms with van der Waals surface area (Å²) in [5, 5.41) is 5.92. The van der Waals surface area contributed by atoms with Crippen molar-refractivity contribution in [3.8, 4) is 10.6 Å². The van der Waals surface area contributed by atoms with Crippen molar-refractivity contribution in [2.75, 3.05) is 10.6 Å². The van der Waals surface area contributed by atoms with E-state index in [0.29, 0.717) is 10.7 Å².